The Bertz CT molecular complexity index is 569. The molecule has 0 unspecified atom stereocenters. The summed E-state index contributed by atoms with van der Waals surface area (Å²) >= 11 is 1.41. The second-order valence-corrected chi connectivity index (χ2v) is 5.42. The van der Waals surface area contributed by atoms with Crippen molar-refractivity contribution in [3.63, 3.8) is 0 Å². The Morgan fingerprint density at radius 3 is 2.68 bits per heavy atom. The average molecular weight is 277 g/mol. The number of nitrogens with zero attached hydrogens (tertiary/aromatic N) is 3. The van der Waals surface area contributed by atoms with E-state index < -0.39 is 5.97 Å². The van der Waals surface area contributed by atoms with Gasteiger partial charge in [0, 0.05) is 30.9 Å². The van der Waals surface area contributed by atoms with Gasteiger partial charge < -0.3 is 10.0 Å². The van der Waals surface area contributed by atoms with Crippen molar-refractivity contribution in [2.75, 3.05) is 18.5 Å². The fourth-order valence-corrected chi connectivity index (χ4v) is 2.57. The number of thiazole rings is 1. The minimum Gasteiger partial charge on any atom is -0.476 e. The van der Waals surface area contributed by atoms with Crippen LogP contribution in [0.15, 0.2) is 24.5 Å². The van der Waals surface area contributed by atoms with E-state index >= 15 is 0 Å². The Balaban J connectivity index is 2.02. The lowest BCUT2D eigenvalue weighted by Crippen LogP contribution is -2.20. The number of pyridine rings is 1. The maximum atomic E-state index is 11.0. The van der Waals surface area contributed by atoms with Gasteiger partial charge in [-0.3, -0.25) is 4.98 Å². The summed E-state index contributed by atoms with van der Waals surface area (Å²) in [6.07, 6.45) is 4.41. The molecule has 0 fully saturated rings. The quantitative estimate of drug-likeness (QED) is 0.907. The number of carboxylic acid groups (broad SMARTS) is 1. The molecule has 6 heteroatoms. The van der Waals surface area contributed by atoms with Gasteiger partial charge in [-0.05, 0) is 31.0 Å². The zero-order valence-electron chi connectivity index (χ0n) is 10.8. The summed E-state index contributed by atoms with van der Waals surface area (Å²) in [5, 5.41) is 9.73. The first-order valence-electron chi connectivity index (χ1n) is 5.88. The fraction of sp³-hybridized carbons (Fsp3) is 0.308. The van der Waals surface area contributed by atoms with E-state index in [9.17, 15) is 4.79 Å². The molecule has 0 aliphatic rings. The highest BCUT2D eigenvalue weighted by molar-refractivity contribution is 7.15. The molecule has 2 heterocycles. The van der Waals surface area contributed by atoms with Crippen LogP contribution >= 0.6 is 11.3 Å². The minimum absolute atomic E-state index is 0.149. The van der Waals surface area contributed by atoms with Gasteiger partial charge >= 0.3 is 5.97 Å². The van der Waals surface area contributed by atoms with Crippen molar-refractivity contribution < 1.29 is 9.90 Å². The predicted octanol–water partition coefficient (Wildman–Crippen LogP) is 2.22. The molecule has 2 rings (SSSR count). The Morgan fingerprint density at radius 2 is 2.11 bits per heavy atom. The van der Waals surface area contributed by atoms with E-state index in [0.717, 1.165) is 23.0 Å². The van der Waals surface area contributed by atoms with Gasteiger partial charge in [0.2, 0.25) is 0 Å². The Hall–Kier alpha value is -1.95. The third-order valence-electron chi connectivity index (χ3n) is 2.80. The zero-order chi connectivity index (χ0) is 13.8. The van der Waals surface area contributed by atoms with Crippen LogP contribution in [0.25, 0.3) is 0 Å². The lowest BCUT2D eigenvalue weighted by atomic mass is 10.2. The van der Waals surface area contributed by atoms with Crippen LogP contribution in [-0.2, 0) is 6.42 Å². The van der Waals surface area contributed by atoms with E-state index in [1.54, 1.807) is 19.3 Å². The van der Waals surface area contributed by atoms with Crippen molar-refractivity contribution in [2.24, 2.45) is 0 Å². The molecule has 0 saturated heterocycles. The van der Waals surface area contributed by atoms with Crippen LogP contribution in [0, 0.1) is 6.92 Å². The molecule has 0 saturated carbocycles. The normalized spacial score (nSPS) is 10.4. The number of anilines is 1. The molecule has 0 amide bonds. The van der Waals surface area contributed by atoms with E-state index in [1.165, 1.54) is 16.9 Å². The molecule has 2 aromatic rings. The van der Waals surface area contributed by atoms with Gasteiger partial charge in [0.15, 0.2) is 10.8 Å². The standard InChI is InChI=1S/C13H15N3O2S/c1-9-11(12(17)18)15-13(19-9)16(2)8-5-10-3-6-14-7-4-10/h3-4,6-7H,5,8H2,1-2H3,(H,17,18). The predicted molar refractivity (Wildman–Crippen MR) is 75.0 cm³/mol. The van der Waals surface area contributed by atoms with E-state index in [4.69, 9.17) is 5.11 Å². The number of hydrogen-bond donors (Lipinski definition) is 1. The molecule has 100 valence electrons. The summed E-state index contributed by atoms with van der Waals surface area (Å²) in [7, 11) is 1.92. The fourth-order valence-electron chi connectivity index (χ4n) is 1.69. The van der Waals surface area contributed by atoms with Gasteiger partial charge in [-0.1, -0.05) is 0 Å². The third-order valence-corrected chi connectivity index (χ3v) is 3.88. The van der Waals surface area contributed by atoms with Crippen LogP contribution < -0.4 is 4.90 Å². The molecule has 1 N–H and O–H groups in total. The summed E-state index contributed by atoms with van der Waals surface area (Å²) in [5.74, 6) is -0.970. The number of likely N-dealkylation sites (N-methyl/N-ethyl adjacent to an activating group) is 1. The summed E-state index contributed by atoms with van der Waals surface area (Å²) in [6, 6.07) is 3.95. The molecular weight excluding hydrogens is 262 g/mol. The highest BCUT2D eigenvalue weighted by atomic mass is 32.1. The van der Waals surface area contributed by atoms with Gasteiger partial charge in [-0.15, -0.1) is 11.3 Å². The minimum atomic E-state index is -0.970. The van der Waals surface area contributed by atoms with Crippen molar-refractivity contribution in [3.05, 3.63) is 40.7 Å². The van der Waals surface area contributed by atoms with Crippen molar-refractivity contribution >= 4 is 22.4 Å². The molecule has 0 aliphatic heterocycles. The average Bonchev–Trinajstić information content (AvgIpc) is 2.79. The van der Waals surface area contributed by atoms with E-state index in [2.05, 4.69) is 9.97 Å². The molecule has 0 atom stereocenters. The summed E-state index contributed by atoms with van der Waals surface area (Å²) in [6.45, 7) is 2.57. The maximum absolute atomic E-state index is 11.0. The number of hydrogen-bond acceptors (Lipinski definition) is 5. The molecule has 5 nitrogen and oxygen atoms in total. The second-order valence-electron chi connectivity index (χ2n) is 4.23. The van der Waals surface area contributed by atoms with Gasteiger partial charge in [-0.2, -0.15) is 0 Å². The van der Waals surface area contributed by atoms with Crippen molar-refractivity contribution in [1.29, 1.82) is 0 Å². The maximum Gasteiger partial charge on any atom is 0.355 e. The smallest absolute Gasteiger partial charge is 0.355 e. The van der Waals surface area contributed by atoms with Gasteiger partial charge in [0.25, 0.3) is 0 Å². The number of aromatic nitrogens is 2. The van der Waals surface area contributed by atoms with Gasteiger partial charge in [0.05, 0.1) is 0 Å². The largest absolute Gasteiger partial charge is 0.476 e. The zero-order valence-corrected chi connectivity index (χ0v) is 11.6. The molecule has 0 aliphatic carbocycles. The SMILES string of the molecule is Cc1sc(N(C)CCc2ccncc2)nc1C(=O)O. The van der Waals surface area contributed by atoms with Crippen LogP contribution in [0.5, 0.6) is 0 Å². The topological polar surface area (TPSA) is 66.3 Å². The Labute approximate surface area is 115 Å². The first kappa shape index (κ1) is 13.5. The van der Waals surface area contributed by atoms with E-state index in [1.807, 2.05) is 24.1 Å². The van der Waals surface area contributed by atoms with Crippen LogP contribution in [0.3, 0.4) is 0 Å². The van der Waals surface area contributed by atoms with Gasteiger partial charge in [0.1, 0.15) is 0 Å². The highest BCUT2D eigenvalue weighted by Gasteiger charge is 2.16. The first-order chi connectivity index (χ1) is 9.08. The first-order valence-corrected chi connectivity index (χ1v) is 6.70. The van der Waals surface area contributed by atoms with Crippen LogP contribution in [0.1, 0.15) is 20.9 Å². The van der Waals surface area contributed by atoms with E-state index in [-0.39, 0.29) is 5.69 Å². The number of carboxylic acids is 1. The number of carbonyl (C=O) groups is 1. The molecule has 19 heavy (non-hydrogen) atoms. The summed E-state index contributed by atoms with van der Waals surface area (Å²) < 4.78 is 0. The lowest BCUT2D eigenvalue weighted by Gasteiger charge is -2.15. The van der Waals surface area contributed by atoms with Crippen molar-refractivity contribution in [2.45, 2.75) is 13.3 Å². The number of aryl methyl sites for hydroxylation is 1. The van der Waals surface area contributed by atoms with Gasteiger partial charge in [-0.25, -0.2) is 9.78 Å². The van der Waals surface area contributed by atoms with Crippen LogP contribution in [-0.4, -0.2) is 34.6 Å². The van der Waals surface area contributed by atoms with Crippen LogP contribution in [0.4, 0.5) is 5.13 Å². The van der Waals surface area contributed by atoms with E-state index in [0.29, 0.717) is 0 Å². The van der Waals surface area contributed by atoms with Crippen molar-refractivity contribution in [1.82, 2.24) is 9.97 Å². The number of aromatic carboxylic acids is 1. The molecule has 0 aromatic carbocycles. The second kappa shape index (κ2) is 5.79. The summed E-state index contributed by atoms with van der Waals surface area (Å²) in [5.41, 5.74) is 1.35. The monoisotopic (exact) mass is 277 g/mol. The third kappa shape index (κ3) is 3.29. The molecule has 0 spiro atoms. The summed E-state index contributed by atoms with van der Waals surface area (Å²) in [4.78, 5) is 21.8. The molecule has 2 aromatic heterocycles. The highest BCUT2D eigenvalue weighted by Crippen LogP contribution is 2.24. The molecule has 0 radical (unpaired) electrons. The van der Waals surface area contributed by atoms with Crippen molar-refractivity contribution in [3.8, 4) is 0 Å². The molecular formula is C13H15N3O2S. The lowest BCUT2D eigenvalue weighted by molar-refractivity contribution is 0.0690. The molecule has 0 bridgehead atoms. The Morgan fingerprint density at radius 1 is 1.42 bits per heavy atom. The number of rotatable bonds is 5. The van der Waals surface area contributed by atoms with Crippen LogP contribution in [0.2, 0.25) is 0 Å². The Kier molecular flexibility index (Phi) is 4.11.